The molecule has 3 aliphatic heterocycles. The summed E-state index contributed by atoms with van der Waals surface area (Å²) in [5, 5.41) is 2.90. The van der Waals surface area contributed by atoms with Crippen LogP contribution in [0, 0.1) is 0 Å². The number of nitrogens with zero attached hydrogens (tertiary/aromatic N) is 2. The zero-order chi connectivity index (χ0) is 17.2. The molecular formula is C19H25N3O2S. The summed E-state index contributed by atoms with van der Waals surface area (Å²) in [6.45, 7) is 3.97. The zero-order valence-electron chi connectivity index (χ0n) is 14.4. The maximum Gasteiger partial charge on any atom is 0.252 e. The van der Waals surface area contributed by atoms with E-state index < -0.39 is 6.04 Å². The number of rotatable bonds is 2. The van der Waals surface area contributed by atoms with Gasteiger partial charge >= 0.3 is 0 Å². The van der Waals surface area contributed by atoms with Gasteiger partial charge < -0.3 is 10.2 Å². The molecule has 0 saturated carbocycles. The third-order valence-electron chi connectivity index (χ3n) is 5.63. The van der Waals surface area contributed by atoms with E-state index >= 15 is 0 Å². The van der Waals surface area contributed by atoms with Crippen molar-refractivity contribution in [3.63, 3.8) is 0 Å². The van der Waals surface area contributed by atoms with Gasteiger partial charge in [-0.2, -0.15) is 11.8 Å². The molecule has 1 atom stereocenters. The topological polar surface area (TPSA) is 52.7 Å². The van der Waals surface area contributed by atoms with Crippen molar-refractivity contribution in [2.45, 2.75) is 31.3 Å². The number of carbonyl (C=O) groups excluding carboxylic acids is 2. The number of nitrogens with one attached hydrogen (secondary N) is 1. The number of carbonyl (C=O) groups is 2. The molecule has 4 rings (SSSR count). The number of fused-ring (bicyclic) bond motifs is 1. The molecule has 1 N–H and O–H groups in total. The molecule has 3 heterocycles. The van der Waals surface area contributed by atoms with Crippen LogP contribution in [0.15, 0.2) is 24.3 Å². The van der Waals surface area contributed by atoms with Crippen LogP contribution in [-0.2, 0) is 11.2 Å². The molecule has 0 aliphatic carbocycles. The fourth-order valence-corrected chi connectivity index (χ4v) is 5.12. The summed E-state index contributed by atoms with van der Waals surface area (Å²) in [6.07, 6.45) is 2.70. The third-order valence-corrected chi connectivity index (χ3v) is 6.57. The van der Waals surface area contributed by atoms with Crippen molar-refractivity contribution in [2.24, 2.45) is 0 Å². The maximum atomic E-state index is 12.9. The number of thioether (sulfide) groups is 1. The highest BCUT2D eigenvalue weighted by Crippen LogP contribution is 2.23. The lowest BCUT2D eigenvalue weighted by atomic mass is 9.94. The number of hydrogen-bond acceptors (Lipinski definition) is 4. The normalized spacial score (nSPS) is 25.4. The fourth-order valence-electron chi connectivity index (χ4n) is 4.19. The first-order valence-corrected chi connectivity index (χ1v) is 10.4. The average Bonchev–Trinajstić information content (AvgIpc) is 2.68. The summed E-state index contributed by atoms with van der Waals surface area (Å²) in [6, 6.07) is 7.78. The molecule has 25 heavy (non-hydrogen) atoms. The highest BCUT2D eigenvalue weighted by Gasteiger charge is 2.34. The molecule has 2 fully saturated rings. The van der Waals surface area contributed by atoms with E-state index in [9.17, 15) is 9.59 Å². The van der Waals surface area contributed by atoms with Crippen molar-refractivity contribution in [1.82, 2.24) is 15.1 Å². The number of amides is 2. The van der Waals surface area contributed by atoms with E-state index in [1.54, 1.807) is 0 Å². The Labute approximate surface area is 153 Å². The largest absolute Gasteiger partial charge is 0.341 e. The smallest absolute Gasteiger partial charge is 0.252 e. The Balaban J connectivity index is 1.36. The first-order valence-electron chi connectivity index (χ1n) is 9.22. The SMILES string of the molecule is O=C1N[C@@H](C(=O)N2CCC(N3CCSCC3)CC2)Cc2ccccc21. The van der Waals surface area contributed by atoms with Gasteiger partial charge in [0.1, 0.15) is 6.04 Å². The molecule has 2 amide bonds. The molecule has 0 spiro atoms. The van der Waals surface area contributed by atoms with Crippen LogP contribution in [-0.4, -0.2) is 71.4 Å². The lowest BCUT2D eigenvalue weighted by Gasteiger charge is -2.41. The molecule has 0 radical (unpaired) electrons. The van der Waals surface area contributed by atoms with E-state index in [4.69, 9.17) is 0 Å². The quantitative estimate of drug-likeness (QED) is 0.867. The van der Waals surface area contributed by atoms with Crippen LogP contribution >= 0.6 is 11.8 Å². The summed E-state index contributed by atoms with van der Waals surface area (Å²) >= 11 is 2.04. The van der Waals surface area contributed by atoms with Crippen LogP contribution in [0.1, 0.15) is 28.8 Å². The zero-order valence-corrected chi connectivity index (χ0v) is 15.3. The second-order valence-corrected chi connectivity index (χ2v) is 8.32. The molecule has 0 unspecified atom stereocenters. The highest BCUT2D eigenvalue weighted by atomic mass is 32.2. The van der Waals surface area contributed by atoms with Gasteiger partial charge in [0, 0.05) is 55.7 Å². The van der Waals surface area contributed by atoms with Gasteiger partial charge in [-0.05, 0) is 24.5 Å². The molecule has 6 heteroatoms. The van der Waals surface area contributed by atoms with Gasteiger partial charge in [-0.1, -0.05) is 18.2 Å². The van der Waals surface area contributed by atoms with E-state index in [2.05, 4.69) is 10.2 Å². The summed E-state index contributed by atoms with van der Waals surface area (Å²) in [5.74, 6) is 2.41. The van der Waals surface area contributed by atoms with E-state index in [1.807, 2.05) is 40.9 Å². The van der Waals surface area contributed by atoms with Crippen LogP contribution in [0.25, 0.3) is 0 Å². The molecule has 134 valence electrons. The van der Waals surface area contributed by atoms with Crippen LogP contribution in [0.5, 0.6) is 0 Å². The monoisotopic (exact) mass is 359 g/mol. The summed E-state index contributed by atoms with van der Waals surface area (Å²) in [4.78, 5) is 29.7. The Morgan fingerprint density at radius 3 is 2.56 bits per heavy atom. The van der Waals surface area contributed by atoms with Gasteiger partial charge in [0.15, 0.2) is 0 Å². The van der Waals surface area contributed by atoms with E-state index in [0.717, 1.165) is 31.5 Å². The minimum absolute atomic E-state index is 0.0792. The molecule has 2 saturated heterocycles. The molecular weight excluding hydrogens is 334 g/mol. The fraction of sp³-hybridized carbons (Fsp3) is 0.579. The van der Waals surface area contributed by atoms with Crippen molar-refractivity contribution in [2.75, 3.05) is 37.7 Å². The Morgan fingerprint density at radius 1 is 1.08 bits per heavy atom. The predicted molar refractivity (Wildman–Crippen MR) is 99.9 cm³/mol. The number of hydrogen-bond donors (Lipinski definition) is 1. The van der Waals surface area contributed by atoms with Crippen LogP contribution in [0.3, 0.4) is 0 Å². The minimum atomic E-state index is -0.412. The Bertz CT molecular complexity index is 652. The van der Waals surface area contributed by atoms with Crippen LogP contribution < -0.4 is 5.32 Å². The molecule has 1 aromatic carbocycles. The van der Waals surface area contributed by atoms with Crippen LogP contribution in [0.4, 0.5) is 0 Å². The van der Waals surface area contributed by atoms with Crippen molar-refractivity contribution < 1.29 is 9.59 Å². The lowest BCUT2D eigenvalue weighted by Crippen LogP contribution is -2.55. The molecule has 3 aliphatic rings. The van der Waals surface area contributed by atoms with E-state index in [0.29, 0.717) is 18.0 Å². The van der Waals surface area contributed by atoms with Crippen molar-refractivity contribution in [1.29, 1.82) is 0 Å². The van der Waals surface area contributed by atoms with Gasteiger partial charge in [-0.15, -0.1) is 0 Å². The van der Waals surface area contributed by atoms with Gasteiger partial charge in [-0.3, -0.25) is 14.5 Å². The van der Waals surface area contributed by atoms with Gasteiger partial charge in [-0.25, -0.2) is 0 Å². The maximum absolute atomic E-state index is 12.9. The first-order chi connectivity index (χ1) is 12.2. The Hall–Kier alpha value is -1.53. The highest BCUT2D eigenvalue weighted by molar-refractivity contribution is 7.99. The Morgan fingerprint density at radius 2 is 1.80 bits per heavy atom. The summed E-state index contributed by atoms with van der Waals surface area (Å²) in [5.41, 5.74) is 1.68. The number of piperidine rings is 1. The van der Waals surface area contributed by atoms with Crippen molar-refractivity contribution >= 4 is 23.6 Å². The number of benzene rings is 1. The van der Waals surface area contributed by atoms with Gasteiger partial charge in [0.25, 0.3) is 5.91 Å². The van der Waals surface area contributed by atoms with Crippen LogP contribution in [0.2, 0.25) is 0 Å². The number of likely N-dealkylation sites (tertiary alicyclic amines) is 1. The molecule has 0 bridgehead atoms. The van der Waals surface area contributed by atoms with Crippen molar-refractivity contribution in [3.05, 3.63) is 35.4 Å². The lowest BCUT2D eigenvalue weighted by molar-refractivity contribution is -0.134. The Kier molecular flexibility index (Phi) is 4.99. The first kappa shape index (κ1) is 16.9. The molecule has 0 aromatic heterocycles. The molecule has 1 aromatic rings. The van der Waals surface area contributed by atoms with Crippen molar-refractivity contribution in [3.8, 4) is 0 Å². The summed E-state index contributed by atoms with van der Waals surface area (Å²) in [7, 11) is 0. The third kappa shape index (κ3) is 3.55. The van der Waals surface area contributed by atoms with E-state index in [1.165, 1.54) is 24.6 Å². The van der Waals surface area contributed by atoms with Gasteiger partial charge in [0.2, 0.25) is 5.91 Å². The van der Waals surface area contributed by atoms with Gasteiger partial charge in [0.05, 0.1) is 0 Å². The minimum Gasteiger partial charge on any atom is -0.341 e. The molecule has 5 nitrogen and oxygen atoms in total. The second kappa shape index (κ2) is 7.38. The average molecular weight is 359 g/mol. The standard InChI is InChI=1S/C19H25N3O2S/c23-18-16-4-2-1-3-14(16)13-17(20-18)19(24)22-7-5-15(6-8-22)21-9-11-25-12-10-21/h1-4,15,17H,5-13H2,(H,20,23)/t17-/m1/s1. The predicted octanol–water partition coefficient (Wildman–Crippen LogP) is 1.38. The second-order valence-electron chi connectivity index (χ2n) is 7.09. The van der Waals surface area contributed by atoms with E-state index in [-0.39, 0.29) is 11.8 Å². The summed E-state index contributed by atoms with van der Waals surface area (Å²) < 4.78 is 0.